The molecule has 8 nitrogen and oxygen atoms in total. The highest BCUT2D eigenvalue weighted by atomic mass is 19.4. The summed E-state index contributed by atoms with van der Waals surface area (Å²) in [7, 11) is 0. The number of likely N-dealkylation sites (tertiary alicyclic amines) is 1. The maximum atomic E-state index is 13.2. The first-order valence-corrected chi connectivity index (χ1v) is 12.3. The Morgan fingerprint density at radius 1 is 1.00 bits per heavy atom. The quantitative estimate of drug-likeness (QED) is 0.382. The number of pyridine rings is 1. The Morgan fingerprint density at radius 2 is 1.63 bits per heavy atom. The molecule has 38 heavy (non-hydrogen) atoms. The van der Waals surface area contributed by atoms with Gasteiger partial charge in [0, 0.05) is 25.7 Å². The fourth-order valence-electron chi connectivity index (χ4n) is 4.22. The van der Waals surface area contributed by atoms with Gasteiger partial charge in [-0.1, -0.05) is 36.4 Å². The highest BCUT2D eigenvalue weighted by Crippen LogP contribution is 2.35. The summed E-state index contributed by atoms with van der Waals surface area (Å²) in [6.07, 6.45) is -3.25. The third kappa shape index (κ3) is 7.39. The van der Waals surface area contributed by atoms with Crippen molar-refractivity contribution in [3.8, 4) is 0 Å². The average Bonchev–Trinajstić information content (AvgIpc) is 2.91. The van der Waals surface area contributed by atoms with Crippen LogP contribution in [0.25, 0.3) is 0 Å². The number of Topliss-reactive ketones (excluding diaryl/α,β-unsaturated/α-hetero) is 1. The van der Waals surface area contributed by atoms with Gasteiger partial charge in [-0.2, -0.15) is 13.2 Å². The third-order valence-electron chi connectivity index (χ3n) is 6.63. The number of benzene rings is 1. The van der Waals surface area contributed by atoms with Gasteiger partial charge < -0.3 is 15.5 Å². The smallest absolute Gasteiger partial charge is 0.344 e. The monoisotopic (exact) mass is 532 g/mol. The van der Waals surface area contributed by atoms with E-state index < -0.39 is 47.1 Å². The Balaban J connectivity index is 1.70. The number of carbonyl (C=O) groups is 4. The zero-order valence-corrected chi connectivity index (χ0v) is 21.3. The number of hydrogen-bond donors (Lipinski definition) is 2. The number of alkyl halides is 3. The van der Waals surface area contributed by atoms with Gasteiger partial charge in [0.15, 0.2) is 0 Å². The van der Waals surface area contributed by atoms with Crippen molar-refractivity contribution >= 4 is 23.5 Å². The normalized spacial score (nSPS) is 15.4. The molecule has 1 aromatic carbocycles. The minimum Gasteiger partial charge on any atom is -0.344 e. The van der Waals surface area contributed by atoms with E-state index in [2.05, 4.69) is 15.6 Å². The van der Waals surface area contributed by atoms with Crippen LogP contribution in [0.4, 0.5) is 13.2 Å². The number of nitrogens with zero attached hydrogens (tertiary/aromatic N) is 2. The molecule has 1 aliphatic heterocycles. The van der Waals surface area contributed by atoms with E-state index in [4.69, 9.17) is 0 Å². The van der Waals surface area contributed by atoms with Gasteiger partial charge in [0.1, 0.15) is 11.5 Å². The van der Waals surface area contributed by atoms with E-state index in [1.54, 1.807) is 54.7 Å². The Labute approximate surface area is 219 Å². The molecule has 204 valence electrons. The van der Waals surface area contributed by atoms with E-state index in [1.165, 1.54) is 18.7 Å². The fraction of sp³-hybridized carbons (Fsp3) is 0.444. The Hall–Kier alpha value is -3.76. The van der Waals surface area contributed by atoms with Gasteiger partial charge in [0.2, 0.25) is 17.6 Å². The van der Waals surface area contributed by atoms with Crippen LogP contribution in [0.2, 0.25) is 0 Å². The highest BCUT2D eigenvalue weighted by Gasteiger charge is 2.45. The van der Waals surface area contributed by atoms with Crippen LogP contribution in [0.5, 0.6) is 0 Å². The molecule has 0 unspecified atom stereocenters. The molecule has 2 heterocycles. The number of nitrogens with one attached hydrogen (secondary N) is 2. The van der Waals surface area contributed by atoms with Gasteiger partial charge >= 0.3 is 6.18 Å². The number of hydrogen-bond acceptors (Lipinski definition) is 5. The molecule has 1 fully saturated rings. The van der Waals surface area contributed by atoms with Crippen molar-refractivity contribution in [3.05, 3.63) is 66.0 Å². The first-order valence-electron chi connectivity index (χ1n) is 12.3. The van der Waals surface area contributed by atoms with Crippen molar-refractivity contribution in [1.82, 2.24) is 20.5 Å². The van der Waals surface area contributed by atoms with E-state index in [-0.39, 0.29) is 38.9 Å². The van der Waals surface area contributed by atoms with Crippen molar-refractivity contribution in [2.24, 2.45) is 11.3 Å². The van der Waals surface area contributed by atoms with Crippen LogP contribution in [0, 0.1) is 11.3 Å². The Morgan fingerprint density at radius 3 is 2.21 bits per heavy atom. The van der Waals surface area contributed by atoms with Crippen molar-refractivity contribution in [1.29, 1.82) is 0 Å². The predicted octanol–water partition coefficient (Wildman–Crippen LogP) is 2.82. The standard InChI is InChI=1S/C27H31F3N4O4/c1-26(2,25(38)34-14-11-19(12-15-34)27(28,29)30)24(37)33-21(16-18-8-4-3-5-9-18)22(35)23(36)32-17-20-10-6-7-13-31-20/h3-10,13,19,21H,11-12,14-17H2,1-2H3,(H,32,36)(H,33,37)/t21-/m1/s1. The lowest BCUT2D eigenvalue weighted by Crippen LogP contribution is -2.56. The van der Waals surface area contributed by atoms with Crippen LogP contribution in [0.3, 0.4) is 0 Å². The number of halogens is 3. The lowest BCUT2D eigenvalue weighted by Gasteiger charge is -2.37. The number of ketones is 1. The maximum Gasteiger partial charge on any atom is 0.391 e. The van der Waals surface area contributed by atoms with E-state index in [9.17, 15) is 32.3 Å². The summed E-state index contributed by atoms with van der Waals surface area (Å²) in [6.45, 7) is 2.47. The molecular formula is C27H31F3N4O4. The van der Waals surface area contributed by atoms with Crippen LogP contribution in [0.15, 0.2) is 54.7 Å². The number of aromatic nitrogens is 1. The van der Waals surface area contributed by atoms with Crippen LogP contribution >= 0.6 is 0 Å². The second-order valence-corrected chi connectivity index (χ2v) is 9.82. The molecule has 11 heteroatoms. The number of rotatable bonds is 9. The summed E-state index contributed by atoms with van der Waals surface area (Å²) in [4.78, 5) is 57.5. The zero-order valence-electron chi connectivity index (χ0n) is 21.3. The van der Waals surface area contributed by atoms with E-state index in [0.29, 0.717) is 11.3 Å². The van der Waals surface area contributed by atoms with E-state index >= 15 is 0 Å². The Kier molecular flexibility index (Phi) is 9.24. The number of amides is 3. The van der Waals surface area contributed by atoms with Crippen molar-refractivity contribution < 1.29 is 32.3 Å². The average molecular weight is 533 g/mol. The maximum absolute atomic E-state index is 13.2. The van der Waals surface area contributed by atoms with Crippen LogP contribution in [-0.4, -0.2) is 58.7 Å². The van der Waals surface area contributed by atoms with Gasteiger partial charge in [-0.15, -0.1) is 0 Å². The molecule has 3 amide bonds. The number of piperidine rings is 1. The lowest BCUT2D eigenvalue weighted by atomic mass is 9.87. The summed E-state index contributed by atoms with van der Waals surface area (Å²) in [5, 5.41) is 5.04. The first kappa shape index (κ1) is 28.8. The van der Waals surface area contributed by atoms with Crippen molar-refractivity contribution in [3.63, 3.8) is 0 Å². The second-order valence-electron chi connectivity index (χ2n) is 9.82. The van der Waals surface area contributed by atoms with Crippen molar-refractivity contribution in [2.45, 2.75) is 51.9 Å². The van der Waals surface area contributed by atoms with Gasteiger partial charge in [-0.3, -0.25) is 24.2 Å². The molecule has 1 aromatic heterocycles. The molecule has 2 N–H and O–H groups in total. The minimum atomic E-state index is -4.33. The summed E-state index contributed by atoms with van der Waals surface area (Å²) in [5.74, 6) is -4.74. The third-order valence-corrected chi connectivity index (χ3v) is 6.63. The molecule has 3 rings (SSSR count). The minimum absolute atomic E-state index is 0.00364. The first-order chi connectivity index (χ1) is 17.9. The Bertz CT molecular complexity index is 1130. The van der Waals surface area contributed by atoms with E-state index in [1.807, 2.05) is 0 Å². The molecule has 1 atom stereocenters. The van der Waals surface area contributed by atoms with E-state index in [0.717, 1.165) is 0 Å². The number of carbonyl (C=O) groups excluding carboxylic acids is 4. The predicted molar refractivity (Wildman–Crippen MR) is 132 cm³/mol. The fourth-order valence-corrected chi connectivity index (χ4v) is 4.22. The van der Waals surface area contributed by atoms with Gasteiger partial charge in [0.25, 0.3) is 5.91 Å². The molecule has 2 aromatic rings. The summed E-state index contributed by atoms with van der Waals surface area (Å²) in [6, 6.07) is 12.6. The SMILES string of the molecule is CC(C)(C(=O)N[C@H](Cc1ccccc1)C(=O)C(=O)NCc1ccccn1)C(=O)N1CCC(C(F)(F)F)CC1. The molecule has 0 radical (unpaired) electrons. The van der Waals surface area contributed by atoms with Gasteiger partial charge in [-0.05, 0) is 44.4 Å². The van der Waals surface area contributed by atoms with Crippen LogP contribution in [-0.2, 0) is 32.1 Å². The molecule has 0 spiro atoms. The molecule has 0 bridgehead atoms. The summed E-state index contributed by atoms with van der Waals surface area (Å²) >= 11 is 0. The van der Waals surface area contributed by atoms with Gasteiger partial charge in [-0.25, -0.2) is 0 Å². The highest BCUT2D eigenvalue weighted by molar-refractivity contribution is 6.38. The molecule has 0 saturated carbocycles. The van der Waals surface area contributed by atoms with Gasteiger partial charge in [0.05, 0.1) is 18.2 Å². The van der Waals surface area contributed by atoms with Crippen LogP contribution < -0.4 is 10.6 Å². The lowest BCUT2D eigenvalue weighted by molar-refractivity contribution is -0.187. The summed E-state index contributed by atoms with van der Waals surface area (Å²) < 4.78 is 39.0. The molecule has 1 saturated heterocycles. The van der Waals surface area contributed by atoms with Crippen LogP contribution in [0.1, 0.15) is 37.9 Å². The van der Waals surface area contributed by atoms with Crippen molar-refractivity contribution in [2.75, 3.05) is 13.1 Å². The molecular weight excluding hydrogens is 501 g/mol. The topological polar surface area (TPSA) is 108 Å². The molecule has 0 aliphatic carbocycles. The molecule has 1 aliphatic rings. The zero-order chi connectivity index (χ0) is 27.9. The second kappa shape index (κ2) is 12.2. The largest absolute Gasteiger partial charge is 0.391 e. The summed E-state index contributed by atoms with van der Waals surface area (Å²) in [5.41, 5.74) is -0.453.